The van der Waals surface area contributed by atoms with Gasteiger partial charge >= 0.3 is 12.1 Å². The Morgan fingerprint density at radius 1 is 1.18 bits per heavy atom. The minimum absolute atomic E-state index is 0.0179. The molecule has 3 fully saturated rings. The van der Waals surface area contributed by atoms with E-state index in [2.05, 4.69) is 29.1 Å². The fraction of sp³-hybridized carbons (Fsp3) is 0.667. The minimum atomic E-state index is -4.53. The number of nitrogens with zero attached hydrogens (tertiary/aromatic N) is 4. The minimum Gasteiger partial charge on any atom is -0.461 e. The van der Waals surface area contributed by atoms with Gasteiger partial charge in [0.05, 0.1) is 11.6 Å². The highest BCUT2D eigenvalue weighted by Crippen LogP contribution is 2.59. The van der Waals surface area contributed by atoms with Crippen molar-refractivity contribution in [3.8, 4) is 0 Å². The zero-order chi connectivity index (χ0) is 27.7. The molecule has 210 valence electrons. The van der Waals surface area contributed by atoms with Crippen molar-refractivity contribution in [3.05, 3.63) is 28.5 Å². The van der Waals surface area contributed by atoms with Crippen LogP contribution in [0.1, 0.15) is 68.6 Å². The molecule has 0 bridgehead atoms. The van der Waals surface area contributed by atoms with Gasteiger partial charge in [-0.05, 0) is 43.6 Å². The molecule has 0 spiro atoms. The second kappa shape index (κ2) is 9.42. The molecule has 4 aliphatic rings. The van der Waals surface area contributed by atoms with Gasteiger partial charge in [0.1, 0.15) is 11.8 Å². The number of carbonyl (C=O) groups is 2. The van der Waals surface area contributed by atoms with Crippen molar-refractivity contribution in [2.24, 2.45) is 29.1 Å². The number of rotatable bonds is 3. The summed E-state index contributed by atoms with van der Waals surface area (Å²) in [6.45, 7) is 7.22. The molecule has 6 rings (SSSR count). The summed E-state index contributed by atoms with van der Waals surface area (Å²) in [6.07, 6.45) is 0.353. The van der Waals surface area contributed by atoms with Gasteiger partial charge in [-0.1, -0.05) is 20.8 Å². The summed E-state index contributed by atoms with van der Waals surface area (Å²) in [5.74, 6) is 0.0442. The third kappa shape index (κ3) is 4.58. The smallest absolute Gasteiger partial charge is 0.433 e. The molecule has 12 heteroatoms. The van der Waals surface area contributed by atoms with Crippen LogP contribution < -0.4 is 10.2 Å². The van der Waals surface area contributed by atoms with Crippen LogP contribution in [-0.4, -0.2) is 46.0 Å². The Morgan fingerprint density at radius 3 is 2.64 bits per heavy atom. The molecule has 0 unspecified atom stereocenters. The lowest BCUT2D eigenvalue weighted by molar-refractivity contribution is -0.150. The van der Waals surface area contributed by atoms with E-state index in [0.29, 0.717) is 31.1 Å². The summed E-state index contributed by atoms with van der Waals surface area (Å²) in [5.41, 5.74) is 0.0362. The van der Waals surface area contributed by atoms with Gasteiger partial charge < -0.3 is 15.0 Å². The number of hydrogen-bond acceptors (Lipinski definition) is 8. The first-order valence-electron chi connectivity index (χ1n) is 13.6. The zero-order valence-electron chi connectivity index (χ0n) is 22.1. The lowest BCUT2D eigenvalue weighted by Crippen LogP contribution is -2.50. The first kappa shape index (κ1) is 26.5. The lowest BCUT2D eigenvalue weighted by atomic mass is 9.54. The molecular formula is C27H32F3N5O3S. The van der Waals surface area contributed by atoms with Gasteiger partial charge in [-0.15, -0.1) is 11.3 Å². The van der Waals surface area contributed by atoms with E-state index in [1.54, 1.807) is 4.90 Å². The molecule has 2 aliphatic carbocycles. The van der Waals surface area contributed by atoms with Crippen molar-refractivity contribution in [3.63, 3.8) is 0 Å². The van der Waals surface area contributed by atoms with Crippen LogP contribution in [0.3, 0.4) is 0 Å². The average Bonchev–Trinajstić information content (AvgIpc) is 3.42. The van der Waals surface area contributed by atoms with E-state index in [1.165, 1.54) is 16.2 Å². The third-order valence-corrected chi connectivity index (χ3v) is 10.5. The average molecular weight is 564 g/mol. The number of esters is 1. The molecule has 0 aromatic carbocycles. The molecule has 6 atom stereocenters. The van der Waals surface area contributed by atoms with E-state index in [1.807, 2.05) is 6.92 Å². The summed E-state index contributed by atoms with van der Waals surface area (Å²) in [6, 6.07) is 0.854. The molecule has 1 N–H and O–H groups in total. The van der Waals surface area contributed by atoms with Crippen LogP contribution in [0.5, 0.6) is 0 Å². The highest BCUT2D eigenvalue weighted by molar-refractivity contribution is 7.15. The van der Waals surface area contributed by atoms with Crippen molar-refractivity contribution in [1.29, 1.82) is 0 Å². The van der Waals surface area contributed by atoms with Gasteiger partial charge in [0.15, 0.2) is 5.13 Å². The molecule has 1 saturated carbocycles. The standard InChI is InChI=1S/C27H32F3N5O3S/c1-13-16-4-8-26(3)12-17-20(14(2)19(26)21(16)38-23(13)37)33-25(39-17)34-22(36)15-6-10-35(11-7-15)24-31-9-5-18(32-24)27(28,29)30/h5,9,13-16,19,21H,4,6-8,10-12H2,1-3H3,(H,33,34,36)/t13-,14-,16-,19+,21-,26-/m0/s1. The molecule has 1 amide bonds. The Balaban J connectivity index is 1.12. The second-order valence-electron chi connectivity index (χ2n) is 11.9. The molecule has 2 saturated heterocycles. The maximum Gasteiger partial charge on any atom is 0.433 e. The van der Waals surface area contributed by atoms with E-state index in [0.717, 1.165) is 37.2 Å². The van der Waals surface area contributed by atoms with Crippen LogP contribution >= 0.6 is 11.3 Å². The fourth-order valence-corrected chi connectivity index (χ4v) is 8.61. The van der Waals surface area contributed by atoms with Gasteiger partial charge in [0.25, 0.3) is 0 Å². The Labute approximate surface area is 228 Å². The van der Waals surface area contributed by atoms with Crippen LogP contribution in [0, 0.1) is 29.1 Å². The topological polar surface area (TPSA) is 97.3 Å². The van der Waals surface area contributed by atoms with Crippen LogP contribution in [0.25, 0.3) is 0 Å². The first-order valence-corrected chi connectivity index (χ1v) is 14.4. The number of ether oxygens (including phenoxy) is 1. The molecule has 8 nitrogen and oxygen atoms in total. The SMILES string of the molecule is C[C@@H]1C(=O)O[C@H]2[C@H]1CC[C@@]1(C)Cc3sc(NC(=O)C4CCN(c5nccc(C(F)(F)F)n5)CC4)nc3[C@@H](C)[C@H]21. The molecular weight excluding hydrogens is 531 g/mol. The number of aromatic nitrogens is 3. The van der Waals surface area contributed by atoms with Gasteiger partial charge in [0, 0.05) is 47.8 Å². The van der Waals surface area contributed by atoms with Crippen LogP contribution in [0.4, 0.5) is 24.3 Å². The quantitative estimate of drug-likeness (QED) is 0.522. The largest absolute Gasteiger partial charge is 0.461 e. The summed E-state index contributed by atoms with van der Waals surface area (Å²) >= 11 is 1.53. The highest BCUT2D eigenvalue weighted by Gasteiger charge is 2.58. The predicted octanol–water partition coefficient (Wildman–Crippen LogP) is 5.06. The monoisotopic (exact) mass is 563 g/mol. The normalized spacial score (nSPS) is 32.7. The maximum absolute atomic E-state index is 13.1. The van der Waals surface area contributed by atoms with Crippen molar-refractivity contribution in [1.82, 2.24) is 15.0 Å². The van der Waals surface area contributed by atoms with E-state index in [4.69, 9.17) is 9.72 Å². The second-order valence-corrected chi connectivity index (χ2v) is 12.9. The predicted molar refractivity (Wildman–Crippen MR) is 138 cm³/mol. The summed E-state index contributed by atoms with van der Waals surface area (Å²) < 4.78 is 45.0. The van der Waals surface area contributed by atoms with Crippen molar-refractivity contribution in [2.75, 3.05) is 23.3 Å². The molecule has 39 heavy (non-hydrogen) atoms. The highest BCUT2D eigenvalue weighted by atomic mass is 32.1. The summed E-state index contributed by atoms with van der Waals surface area (Å²) in [7, 11) is 0. The number of fused-ring (bicyclic) bond motifs is 4. The number of amides is 1. The number of piperidine rings is 1. The Morgan fingerprint density at radius 2 is 1.92 bits per heavy atom. The fourth-order valence-electron chi connectivity index (χ4n) is 7.34. The molecule has 2 aromatic rings. The van der Waals surface area contributed by atoms with Gasteiger partial charge in [-0.25, -0.2) is 15.0 Å². The van der Waals surface area contributed by atoms with Crippen molar-refractivity contribution in [2.45, 2.75) is 71.1 Å². The summed E-state index contributed by atoms with van der Waals surface area (Å²) in [5, 5.41) is 3.59. The number of nitrogens with one attached hydrogen (secondary N) is 1. The van der Waals surface area contributed by atoms with Crippen LogP contribution in [0.15, 0.2) is 12.3 Å². The van der Waals surface area contributed by atoms with E-state index in [-0.39, 0.29) is 58.9 Å². The number of anilines is 2. The summed E-state index contributed by atoms with van der Waals surface area (Å²) in [4.78, 5) is 40.9. The Bertz CT molecular complexity index is 1290. The molecule has 2 aromatic heterocycles. The molecule has 0 radical (unpaired) electrons. The number of alkyl halides is 3. The lowest BCUT2D eigenvalue weighted by Gasteiger charge is -2.51. The van der Waals surface area contributed by atoms with Crippen molar-refractivity contribution < 1.29 is 27.5 Å². The van der Waals surface area contributed by atoms with Crippen molar-refractivity contribution >= 4 is 34.3 Å². The zero-order valence-corrected chi connectivity index (χ0v) is 22.9. The molecule has 4 heterocycles. The third-order valence-electron chi connectivity index (χ3n) is 9.47. The van der Waals surface area contributed by atoms with Gasteiger partial charge in [0.2, 0.25) is 11.9 Å². The number of carbonyl (C=O) groups excluding carboxylic acids is 2. The van der Waals surface area contributed by atoms with E-state index < -0.39 is 11.9 Å². The first-order chi connectivity index (χ1) is 18.4. The maximum atomic E-state index is 13.1. The number of halogens is 3. The Kier molecular flexibility index (Phi) is 6.39. The van der Waals surface area contributed by atoms with Crippen LogP contribution in [0.2, 0.25) is 0 Å². The number of thiazole rings is 1. The van der Waals surface area contributed by atoms with Crippen LogP contribution in [-0.2, 0) is 26.9 Å². The van der Waals surface area contributed by atoms with E-state index in [9.17, 15) is 22.8 Å². The van der Waals surface area contributed by atoms with E-state index >= 15 is 0 Å². The van der Waals surface area contributed by atoms with Gasteiger partial charge in [-0.3, -0.25) is 9.59 Å². The molecule has 2 aliphatic heterocycles. The van der Waals surface area contributed by atoms with Gasteiger partial charge in [-0.2, -0.15) is 13.2 Å². The Hall–Kier alpha value is -2.76. The number of hydrogen-bond donors (Lipinski definition) is 1.